The number of para-hydroxylation sites is 1. The number of hydrogen-bond donors (Lipinski definition) is 3. The molecule has 0 spiro atoms. The second kappa shape index (κ2) is 9.67. The number of fused-ring (bicyclic) bond motifs is 1. The van der Waals surface area contributed by atoms with E-state index in [-0.39, 0.29) is 52.5 Å². The first kappa shape index (κ1) is 23.1. The number of likely N-dealkylation sites (N-methyl/N-ethyl adjacent to an activating group) is 1. The summed E-state index contributed by atoms with van der Waals surface area (Å²) in [6.45, 7) is 4.49. The van der Waals surface area contributed by atoms with Crippen LogP contribution in [0, 0.1) is 5.92 Å². The molecule has 0 saturated heterocycles. The Morgan fingerprint density at radius 2 is 1.90 bits per heavy atom. The van der Waals surface area contributed by atoms with E-state index in [0.717, 1.165) is 0 Å². The highest BCUT2D eigenvalue weighted by molar-refractivity contribution is 7.92. The lowest BCUT2D eigenvalue weighted by Crippen LogP contribution is -2.49. The van der Waals surface area contributed by atoms with Crippen LogP contribution in [0.15, 0.2) is 53.4 Å². The molecule has 0 saturated carbocycles. The third kappa shape index (κ3) is 5.00. The zero-order chi connectivity index (χ0) is 22.6. The molecule has 1 aliphatic heterocycles. The number of hydrogen-bond acceptors (Lipinski definition) is 6. The second-order valence-corrected chi connectivity index (χ2v) is 9.46. The van der Waals surface area contributed by atoms with E-state index in [0.29, 0.717) is 13.1 Å². The Morgan fingerprint density at radius 1 is 1.19 bits per heavy atom. The van der Waals surface area contributed by atoms with Crippen LogP contribution in [0.1, 0.15) is 24.2 Å². The molecule has 1 heterocycles. The smallest absolute Gasteiger partial charge is 0.262 e. The lowest BCUT2D eigenvalue weighted by Gasteiger charge is -2.37. The Bertz CT molecular complexity index is 1010. The van der Waals surface area contributed by atoms with Gasteiger partial charge in [0, 0.05) is 19.0 Å². The second-order valence-electron chi connectivity index (χ2n) is 7.78. The predicted octanol–water partition coefficient (Wildman–Crippen LogP) is 1.93. The number of nitrogens with zero attached hydrogens (tertiary/aromatic N) is 1. The predicted molar refractivity (Wildman–Crippen MR) is 119 cm³/mol. The van der Waals surface area contributed by atoms with Crippen LogP contribution in [0.5, 0.6) is 5.75 Å². The molecule has 8 nitrogen and oxygen atoms in total. The molecule has 168 valence electrons. The quantitative estimate of drug-likeness (QED) is 0.599. The van der Waals surface area contributed by atoms with E-state index in [2.05, 4.69) is 10.0 Å². The zero-order valence-corrected chi connectivity index (χ0v) is 18.7. The molecule has 0 fully saturated rings. The standard InChI is InChI=1S/C22H29N3O5S/c1-15-13-25(16(2)14-26)22(27)18-10-7-11-19(21(18)30-20(15)12-23-3)24-31(28,29)17-8-5-4-6-9-17/h4-11,15-16,20,23-24,26H,12-14H2,1-3H3/t15-,16-,20+/m0/s1. The third-order valence-electron chi connectivity index (χ3n) is 5.39. The normalized spacial score (nSPS) is 20.3. The van der Waals surface area contributed by atoms with Crippen molar-refractivity contribution in [3.05, 3.63) is 54.1 Å². The summed E-state index contributed by atoms with van der Waals surface area (Å²) >= 11 is 0. The first-order valence-electron chi connectivity index (χ1n) is 10.2. The summed E-state index contributed by atoms with van der Waals surface area (Å²) in [5.74, 6) is -0.182. The van der Waals surface area contributed by atoms with Gasteiger partial charge in [-0.05, 0) is 38.2 Å². The van der Waals surface area contributed by atoms with E-state index in [9.17, 15) is 18.3 Å². The van der Waals surface area contributed by atoms with Gasteiger partial charge in [-0.2, -0.15) is 0 Å². The summed E-state index contributed by atoms with van der Waals surface area (Å²) in [5.41, 5.74) is 0.447. The van der Waals surface area contributed by atoms with Gasteiger partial charge >= 0.3 is 0 Å². The van der Waals surface area contributed by atoms with Crippen LogP contribution in [-0.2, 0) is 10.0 Å². The number of aliphatic hydroxyl groups excluding tert-OH is 1. The van der Waals surface area contributed by atoms with E-state index in [1.54, 1.807) is 55.3 Å². The number of carbonyl (C=O) groups excluding carboxylic acids is 1. The summed E-state index contributed by atoms with van der Waals surface area (Å²) in [4.78, 5) is 15.1. The van der Waals surface area contributed by atoms with Gasteiger partial charge in [0.2, 0.25) is 0 Å². The molecule has 3 rings (SSSR count). The highest BCUT2D eigenvalue weighted by Gasteiger charge is 2.34. The van der Waals surface area contributed by atoms with E-state index in [1.165, 1.54) is 12.1 Å². The fraction of sp³-hybridized carbons (Fsp3) is 0.409. The maximum atomic E-state index is 13.3. The number of ether oxygens (including phenoxy) is 1. The lowest BCUT2D eigenvalue weighted by molar-refractivity contribution is 0.0417. The van der Waals surface area contributed by atoms with Gasteiger partial charge in [-0.25, -0.2) is 8.42 Å². The Labute approximate surface area is 183 Å². The third-order valence-corrected chi connectivity index (χ3v) is 6.78. The highest BCUT2D eigenvalue weighted by Crippen LogP contribution is 2.35. The molecular weight excluding hydrogens is 418 g/mol. The molecule has 31 heavy (non-hydrogen) atoms. The first-order valence-corrected chi connectivity index (χ1v) is 11.7. The van der Waals surface area contributed by atoms with Crippen molar-refractivity contribution in [1.82, 2.24) is 10.2 Å². The highest BCUT2D eigenvalue weighted by atomic mass is 32.2. The SMILES string of the molecule is CNC[C@H]1Oc2c(NS(=O)(=O)c3ccccc3)cccc2C(=O)N([C@@H](C)CO)C[C@@H]1C. The topological polar surface area (TPSA) is 108 Å². The number of benzene rings is 2. The fourth-order valence-electron chi connectivity index (χ4n) is 3.57. The Morgan fingerprint density at radius 3 is 2.55 bits per heavy atom. The minimum absolute atomic E-state index is 0.0580. The van der Waals surface area contributed by atoms with Gasteiger partial charge in [0.15, 0.2) is 5.75 Å². The maximum Gasteiger partial charge on any atom is 0.262 e. The van der Waals surface area contributed by atoms with Gasteiger partial charge in [-0.3, -0.25) is 9.52 Å². The summed E-state index contributed by atoms with van der Waals surface area (Å²) in [5, 5.41) is 12.8. The van der Waals surface area contributed by atoms with Gasteiger partial charge in [-0.1, -0.05) is 31.2 Å². The minimum Gasteiger partial charge on any atom is -0.486 e. The number of rotatable bonds is 7. The van der Waals surface area contributed by atoms with Crippen molar-refractivity contribution in [2.45, 2.75) is 30.9 Å². The number of anilines is 1. The molecule has 1 amide bonds. The number of amides is 1. The van der Waals surface area contributed by atoms with Crippen LogP contribution < -0.4 is 14.8 Å². The maximum absolute atomic E-state index is 13.3. The van der Waals surface area contributed by atoms with Crippen molar-refractivity contribution >= 4 is 21.6 Å². The van der Waals surface area contributed by atoms with Crippen LogP contribution >= 0.6 is 0 Å². The number of nitrogens with one attached hydrogen (secondary N) is 2. The molecule has 3 atom stereocenters. The van der Waals surface area contributed by atoms with Crippen molar-refractivity contribution in [2.75, 3.05) is 31.5 Å². The van der Waals surface area contributed by atoms with Gasteiger partial charge in [-0.15, -0.1) is 0 Å². The molecule has 9 heteroatoms. The summed E-state index contributed by atoms with van der Waals surface area (Å²) in [6.07, 6.45) is -0.312. The molecule has 3 N–H and O–H groups in total. The molecule has 2 aromatic rings. The average Bonchev–Trinajstić information content (AvgIpc) is 2.76. The minimum atomic E-state index is -3.87. The average molecular weight is 448 g/mol. The van der Waals surface area contributed by atoms with Gasteiger partial charge in [0.25, 0.3) is 15.9 Å². The van der Waals surface area contributed by atoms with Crippen LogP contribution in [0.2, 0.25) is 0 Å². The number of carbonyl (C=O) groups is 1. The van der Waals surface area contributed by atoms with Gasteiger partial charge in [0.1, 0.15) is 6.10 Å². The van der Waals surface area contributed by atoms with Gasteiger partial charge in [0.05, 0.1) is 28.8 Å². The molecule has 0 unspecified atom stereocenters. The molecule has 0 radical (unpaired) electrons. The van der Waals surface area contributed by atoms with Crippen LogP contribution in [0.3, 0.4) is 0 Å². The Hall–Kier alpha value is -2.62. The summed E-state index contributed by atoms with van der Waals surface area (Å²) in [6, 6.07) is 12.4. The van der Waals surface area contributed by atoms with Crippen molar-refractivity contribution < 1.29 is 23.1 Å². The van der Waals surface area contributed by atoms with E-state index >= 15 is 0 Å². The fourth-order valence-corrected chi connectivity index (χ4v) is 4.66. The monoisotopic (exact) mass is 447 g/mol. The summed E-state index contributed by atoms with van der Waals surface area (Å²) < 4.78 is 34.6. The molecular formula is C22H29N3O5S. The van der Waals surface area contributed by atoms with Crippen LogP contribution in [0.25, 0.3) is 0 Å². The van der Waals surface area contributed by atoms with Crippen molar-refractivity contribution in [2.24, 2.45) is 5.92 Å². The molecule has 0 aliphatic carbocycles. The Balaban J connectivity index is 2.09. The number of sulfonamides is 1. The molecule has 1 aliphatic rings. The number of aliphatic hydroxyl groups is 1. The van der Waals surface area contributed by atoms with E-state index in [4.69, 9.17) is 4.74 Å². The molecule has 0 aromatic heterocycles. The lowest BCUT2D eigenvalue weighted by atomic mass is 9.99. The van der Waals surface area contributed by atoms with Crippen LogP contribution in [-0.4, -0.2) is 63.2 Å². The largest absolute Gasteiger partial charge is 0.486 e. The van der Waals surface area contributed by atoms with Crippen molar-refractivity contribution in [1.29, 1.82) is 0 Å². The van der Waals surface area contributed by atoms with Crippen molar-refractivity contribution in [3.63, 3.8) is 0 Å². The van der Waals surface area contributed by atoms with Crippen molar-refractivity contribution in [3.8, 4) is 5.75 Å². The van der Waals surface area contributed by atoms with Gasteiger partial charge < -0.3 is 20.1 Å². The summed E-state index contributed by atoms with van der Waals surface area (Å²) in [7, 11) is -2.07. The van der Waals surface area contributed by atoms with E-state index < -0.39 is 10.0 Å². The zero-order valence-electron chi connectivity index (χ0n) is 17.9. The molecule has 2 aromatic carbocycles. The van der Waals surface area contributed by atoms with E-state index in [1.807, 2.05) is 6.92 Å². The Kier molecular flexibility index (Phi) is 7.19. The van der Waals surface area contributed by atoms with Crippen LogP contribution in [0.4, 0.5) is 5.69 Å². The first-order chi connectivity index (χ1) is 14.8. The molecule has 0 bridgehead atoms.